The lowest BCUT2D eigenvalue weighted by Crippen LogP contribution is -2.63. The highest BCUT2D eigenvalue weighted by Gasteiger charge is 2.39. The van der Waals surface area contributed by atoms with Crippen molar-refractivity contribution < 1.29 is 14.3 Å². The van der Waals surface area contributed by atoms with Gasteiger partial charge >= 0.3 is 6.03 Å². The van der Waals surface area contributed by atoms with Crippen LogP contribution >= 0.6 is 0 Å². The molecule has 0 radical (unpaired) electrons. The van der Waals surface area contributed by atoms with Gasteiger partial charge in [-0.1, -0.05) is 12.1 Å². The molecule has 0 saturated carbocycles. The van der Waals surface area contributed by atoms with E-state index < -0.39 is 0 Å². The molecule has 28 heavy (non-hydrogen) atoms. The van der Waals surface area contributed by atoms with E-state index in [1.807, 2.05) is 29.2 Å². The van der Waals surface area contributed by atoms with Gasteiger partial charge in [0.25, 0.3) is 0 Å². The number of amides is 2. The van der Waals surface area contributed by atoms with Crippen LogP contribution in [0.3, 0.4) is 0 Å². The zero-order valence-electron chi connectivity index (χ0n) is 17.9. The molecule has 3 rings (SSSR count). The van der Waals surface area contributed by atoms with Crippen molar-refractivity contribution in [2.24, 2.45) is 0 Å². The predicted octanol–water partition coefficient (Wildman–Crippen LogP) is 3.56. The summed E-state index contributed by atoms with van der Waals surface area (Å²) in [4.78, 5) is 14.8. The number of hydrogen-bond acceptors (Lipinski definition) is 4. The second kappa shape index (κ2) is 8.19. The highest BCUT2D eigenvalue weighted by atomic mass is 16.5. The van der Waals surface area contributed by atoms with Gasteiger partial charge in [-0.3, -0.25) is 0 Å². The topological polar surface area (TPSA) is 62.8 Å². The van der Waals surface area contributed by atoms with Crippen LogP contribution in [-0.2, 0) is 0 Å². The molecule has 2 fully saturated rings. The summed E-state index contributed by atoms with van der Waals surface area (Å²) < 4.78 is 11.5. The summed E-state index contributed by atoms with van der Waals surface area (Å²) in [7, 11) is 1.64. The van der Waals surface area contributed by atoms with E-state index in [9.17, 15) is 4.79 Å². The van der Waals surface area contributed by atoms with Crippen LogP contribution in [0.5, 0.6) is 11.5 Å². The molecule has 2 heterocycles. The first-order valence-electron chi connectivity index (χ1n) is 10.3. The van der Waals surface area contributed by atoms with E-state index in [0.717, 1.165) is 43.7 Å². The fourth-order valence-corrected chi connectivity index (χ4v) is 4.80. The van der Waals surface area contributed by atoms with Crippen molar-refractivity contribution in [3.63, 3.8) is 0 Å². The van der Waals surface area contributed by atoms with E-state index in [2.05, 4.69) is 38.3 Å². The third-order valence-electron chi connectivity index (χ3n) is 5.55. The van der Waals surface area contributed by atoms with Crippen LogP contribution < -0.4 is 20.1 Å². The Balaban J connectivity index is 1.58. The maximum absolute atomic E-state index is 12.9. The fraction of sp³-hybridized carbons (Fsp3) is 0.682. The van der Waals surface area contributed by atoms with E-state index in [1.165, 1.54) is 0 Å². The molecular formula is C22H35N3O3. The number of para-hydroxylation sites is 2. The maximum Gasteiger partial charge on any atom is 0.317 e. The van der Waals surface area contributed by atoms with E-state index in [-0.39, 0.29) is 29.3 Å². The second-order valence-electron chi connectivity index (χ2n) is 9.43. The number of methoxy groups -OCH3 is 1. The number of ether oxygens (including phenoxy) is 2. The summed E-state index contributed by atoms with van der Waals surface area (Å²) in [5.41, 5.74) is 0.0220. The van der Waals surface area contributed by atoms with E-state index >= 15 is 0 Å². The highest BCUT2D eigenvalue weighted by molar-refractivity contribution is 5.74. The van der Waals surface area contributed by atoms with Gasteiger partial charge in [0, 0.05) is 23.7 Å². The molecule has 2 aliphatic heterocycles. The van der Waals surface area contributed by atoms with Gasteiger partial charge < -0.3 is 25.0 Å². The monoisotopic (exact) mass is 389 g/mol. The fourth-order valence-electron chi connectivity index (χ4n) is 4.80. The van der Waals surface area contributed by atoms with Crippen molar-refractivity contribution in [2.75, 3.05) is 20.2 Å². The Kier molecular flexibility index (Phi) is 6.08. The van der Waals surface area contributed by atoms with Gasteiger partial charge in [0.15, 0.2) is 11.5 Å². The van der Waals surface area contributed by atoms with Crippen molar-refractivity contribution in [1.29, 1.82) is 0 Å². The largest absolute Gasteiger partial charge is 0.493 e. The van der Waals surface area contributed by atoms with Gasteiger partial charge in [-0.15, -0.1) is 0 Å². The molecule has 1 aromatic carbocycles. The van der Waals surface area contributed by atoms with Gasteiger partial charge in [-0.05, 0) is 65.5 Å². The predicted molar refractivity (Wildman–Crippen MR) is 111 cm³/mol. The van der Waals surface area contributed by atoms with E-state index in [1.54, 1.807) is 7.11 Å². The van der Waals surface area contributed by atoms with Gasteiger partial charge in [0.2, 0.25) is 0 Å². The summed E-state index contributed by atoms with van der Waals surface area (Å²) in [5, 5.41) is 6.94. The number of likely N-dealkylation sites (tertiary alicyclic amines) is 1. The second-order valence-corrected chi connectivity index (χ2v) is 9.43. The summed E-state index contributed by atoms with van der Waals surface area (Å²) in [6, 6.07) is 7.86. The zero-order chi connectivity index (χ0) is 20.4. The van der Waals surface area contributed by atoms with Crippen molar-refractivity contribution in [3.8, 4) is 11.5 Å². The highest BCUT2D eigenvalue weighted by Crippen LogP contribution is 2.30. The van der Waals surface area contributed by atoms with Crippen LogP contribution in [0.4, 0.5) is 4.79 Å². The molecule has 6 heteroatoms. The number of carbonyl (C=O) groups excluding carboxylic acids is 1. The Hall–Kier alpha value is -1.95. The minimum absolute atomic E-state index is 0.0110. The average molecular weight is 390 g/mol. The van der Waals surface area contributed by atoms with Gasteiger partial charge in [0.1, 0.15) is 6.10 Å². The lowest BCUT2D eigenvalue weighted by Gasteiger charge is -2.47. The van der Waals surface area contributed by atoms with Gasteiger partial charge in [-0.2, -0.15) is 0 Å². The normalized spacial score (nSPS) is 24.5. The molecule has 1 atom stereocenters. The standard InChI is InChI=1S/C22H35N3O3/c1-21(2)13-16(14-22(3,4)24-21)23-20(26)25-12-8-9-17(15-25)28-19-11-7-6-10-18(19)27-5/h6-7,10-11,16-17,24H,8-9,12-15H2,1-5H3,(H,23,26). The number of hydrogen-bond donors (Lipinski definition) is 2. The van der Waals surface area contributed by atoms with Crippen LogP contribution in [0.25, 0.3) is 0 Å². The first-order valence-corrected chi connectivity index (χ1v) is 10.3. The van der Waals surface area contributed by atoms with Crippen LogP contribution in [0.1, 0.15) is 53.4 Å². The molecule has 0 bridgehead atoms. The average Bonchev–Trinajstić information content (AvgIpc) is 2.59. The lowest BCUT2D eigenvalue weighted by atomic mass is 9.79. The van der Waals surface area contributed by atoms with Crippen molar-refractivity contribution in [1.82, 2.24) is 15.5 Å². The minimum Gasteiger partial charge on any atom is -0.493 e. The Morgan fingerprint density at radius 3 is 2.43 bits per heavy atom. The van der Waals surface area contributed by atoms with Crippen LogP contribution in [0, 0.1) is 0 Å². The lowest BCUT2D eigenvalue weighted by molar-refractivity contribution is 0.0922. The molecule has 2 amide bonds. The molecule has 0 aromatic heterocycles. The number of carbonyl (C=O) groups is 1. The molecule has 2 saturated heterocycles. The first kappa shape index (κ1) is 20.8. The number of rotatable bonds is 4. The molecule has 0 spiro atoms. The summed E-state index contributed by atoms with van der Waals surface area (Å²) in [6.45, 7) is 10.2. The molecule has 1 aromatic rings. The molecule has 6 nitrogen and oxygen atoms in total. The molecule has 156 valence electrons. The maximum atomic E-state index is 12.9. The summed E-state index contributed by atoms with van der Waals surface area (Å²) >= 11 is 0. The molecule has 2 aliphatic rings. The quantitative estimate of drug-likeness (QED) is 0.827. The molecular weight excluding hydrogens is 354 g/mol. The van der Waals surface area contributed by atoms with Gasteiger partial charge in [0.05, 0.1) is 13.7 Å². The number of nitrogens with one attached hydrogen (secondary N) is 2. The number of nitrogens with zero attached hydrogens (tertiary/aromatic N) is 1. The first-order chi connectivity index (χ1) is 13.2. The number of benzene rings is 1. The number of piperidine rings is 2. The zero-order valence-corrected chi connectivity index (χ0v) is 17.9. The van der Waals surface area contributed by atoms with Crippen LogP contribution in [0.2, 0.25) is 0 Å². The Bertz CT molecular complexity index is 673. The van der Waals surface area contributed by atoms with Crippen molar-refractivity contribution >= 4 is 6.03 Å². The van der Waals surface area contributed by atoms with Crippen LogP contribution in [0.15, 0.2) is 24.3 Å². The Morgan fingerprint density at radius 1 is 1.14 bits per heavy atom. The third-order valence-corrected chi connectivity index (χ3v) is 5.55. The third kappa shape index (κ3) is 5.31. The van der Waals surface area contributed by atoms with E-state index in [0.29, 0.717) is 6.54 Å². The van der Waals surface area contributed by atoms with Gasteiger partial charge in [-0.25, -0.2) is 4.79 Å². The molecule has 2 N–H and O–H groups in total. The van der Waals surface area contributed by atoms with E-state index in [4.69, 9.17) is 9.47 Å². The molecule has 1 unspecified atom stereocenters. The summed E-state index contributed by atoms with van der Waals surface area (Å²) in [6.07, 6.45) is 3.72. The van der Waals surface area contributed by atoms with Crippen molar-refractivity contribution in [3.05, 3.63) is 24.3 Å². The smallest absolute Gasteiger partial charge is 0.317 e. The van der Waals surface area contributed by atoms with Crippen molar-refractivity contribution in [2.45, 2.75) is 76.6 Å². The summed E-state index contributed by atoms with van der Waals surface area (Å²) in [5.74, 6) is 1.46. The SMILES string of the molecule is COc1ccccc1OC1CCCN(C(=O)NC2CC(C)(C)NC(C)(C)C2)C1. The minimum atomic E-state index is -0.0169. The Morgan fingerprint density at radius 2 is 1.79 bits per heavy atom. The molecule has 0 aliphatic carbocycles. The number of urea groups is 1. The van der Waals surface area contributed by atoms with Crippen LogP contribution in [-0.4, -0.2) is 54.4 Å². The Labute approximate surface area is 169 Å².